The van der Waals surface area contributed by atoms with Gasteiger partial charge in [0.2, 0.25) is 0 Å². The van der Waals surface area contributed by atoms with Crippen molar-refractivity contribution in [3.05, 3.63) is 77.9 Å². The van der Waals surface area contributed by atoms with Gasteiger partial charge in [-0.25, -0.2) is 0 Å². The molecule has 0 aliphatic carbocycles. The smallest absolute Gasteiger partial charge is 0.272 e. The Kier molecular flexibility index (Phi) is 5.07. The lowest BCUT2D eigenvalue weighted by molar-refractivity contribution is -0.469. The molecule has 0 N–H and O–H groups in total. The van der Waals surface area contributed by atoms with Crippen molar-refractivity contribution in [2.24, 2.45) is 0 Å². The Morgan fingerprint density at radius 1 is 0.963 bits per heavy atom. The summed E-state index contributed by atoms with van der Waals surface area (Å²) in [4.78, 5) is 2.38. The van der Waals surface area contributed by atoms with E-state index in [0.29, 0.717) is 0 Å². The first-order valence-corrected chi connectivity index (χ1v) is 9.35. The number of benzene rings is 2. The van der Waals surface area contributed by atoms with Gasteiger partial charge in [-0.1, -0.05) is 48.5 Å². The van der Waals surface area contributed by atoms with Crippen LogP contribution in [0.25, 0.3) is 11.3 Å². The van der Waals surface area contributed by atoms with Gasteiger partial charge in [0.1, 0.15) is 24.6 Å². The lowest BCUT2D eigenvalue weighted by atomic mass is 9.99. The zero-order valence-electron chi connectivity index (χ0n) is 15.9. The maximum Gasteiger partial charge on any atom is 0.272 e. The number of para-hydroxylation sites is 1. The van der Waals surface area contributed by atoms with E-state index in [4.69, 9.17) is 9.47 Å². The van der Waals surface area contributed by atoms with Crippen molar-refractivity contribution in [2.75, 3.05) is 40.4 Å². The molecule has 0 saturated carbocycles. The Balaban J connectivity index is 1.79. The van der Waals surface area contributed by atoms with Crippen LogP contribution in [-0.2, 0) is 4.74 Å². The molecular weight excluding hydrogens is 336 g/mol. The molecule has 138 valence electrons. The standard InChI is InChI=1S/C23H25N2O2/c1-24(2)23(25-12-14-26-15-13-25)17-19-16-22(18-8-4-3-5-9-18)27-21-11-7-6-10-20(19)21/h3-11,16-17H,12-15H2,1-2H3/q+1/b19-17+. The van der Waals surface area contributed by atoms with Gasteiger partial charge in [0.15, 0.2) is 0 Å². The highest BCUT2D eigenvalue weighted by Gasteiger charge is 2.24. The molecule has 0 bridgehead atoms. The summed E-state index contributed by atoms with van der Waals surface area (Å²) in [6, 6.07) is 18.5. The topological polar surface area (TPSA) is 24.7 Å². The maximum absolute atomic E-state index is 6.20. The van der Waals surface area contributed by atoms with Crippen LogP contribution in [0.15, 0.2) is 66.7 Å². The Labute approximate surface area is 160 Å². The van der Waals surface area contributed by atoms with Crippen molar-refractivity contribution in [2.45, 2.75) is 0 Å². The number of nitrogens with zero attached hydrogens (tertiary/aromatic N) is 2. The number of ether oxygens (including phenoxy) is 2. The lowest BCUT2D eigenvalue weighted by Gasteiger charge is -2.25. The van der Waals surface area contributed by atoms with Crippen LogP contribution >= 0.6 is 0 Å². The van der Waals surface area contributed by atoms with E-state index in [-0.39, 0.29) is 0 Å². The monoisotopic (exact) mass is 361 g/mol. The SMILES string of the molecule is C[N+](C)=C(/C=C1\C=C(c2ccccc2)Oc2ccccc21)N1CCOCC1. The second-order valence-corrected chi connectivity index (χ2v) is 6.92. The fourth-order valence-electron chi connectivity index (χ4n) is 3.46. The molecule has 27 heavy (non-hydrogen) atoms. The minimum absolute atomic E-state index is 0.769. The van der Waals surface area contributed by atoms with Crippen LogP contribution in [0, 0.1) is 0 Å². The first kappa shape index (κ1) is 17.6. The van der Waals surface area contributed by atoms with Crippen molar-refractivity contribution in [3.8, 4) is 5.75 Å². The lowest BCUT2D eigenvalue weighted by Crippen LogP contribution is -2.43. The van der Waals surface area contributed by atoms with Crippen LogP contribution < -0.4 is 4.74 Å². The molecule has 2 aliphatic heterocycles. The van der Waals surface area contributed by atoms with Crippen LogP contribution in [0.3, 0.4) is 0 Å². The molecule has 0 radical (unpaired) electrons. The molecule has 2 heterocycles. The highest BCUT2D eigenvalue weighted by atomic mass is 16.5. The number of fused-ring (bicyclic) bond motifs is 1. The van der Waals surface area contributed by atoms with Crippen molar-refractivity contribution in [3.63, 3.8) is 0 Å². The van der Waals surface area contributed by atoms with Gasteiger partial charge in [0.25, 0.3) is 5.84 Å². The molecule has 0 unspecified atom stereocenters. The molecule has 4 rings (SSSR count). The molecule has 4 nitrogen and oxygen atoms in total. The van der Waals surface area contributed by atoms with E-state index >= 15 is 0 Å². The van der Waals surface area contributed by atoms with Crippen LogP contribution in [0.4, 0.5) is 0 Å². The van der Waals surface area contributed by atoms with Gasteiger partial charge in [-0.05, 0) is 17.7 Å². The Bertz CT molecular complexity index is 903. The van der Waals surface area contributed by atoms with E-state index < -0.39 is 0 Å². The summed E-state index contributed by atoms with van der Waals surface area (Å²) in [6.07, 6.45) is 4.40. The summed E-state index contributed by atoms with van der Waals surface area (Å²) in [7, 11) is 4.18. The van der Waals surface area contributed by atoms with Crippen molar-refractivity contribution in [1.82, 2.24) is 4.90 Å². The molecule has 2 aromatic carbocycles. The molecule has 0 spiro atoms. The number of rotatable bonds is 2. The molecular formula is C23H25N2O2+. The predicted octanol–water partition coefficient (Wildman–Crippen LogP) is 3.51. The predicted molar refractivity (Wildman–Crippen MR) is 109 cm³/mol. The minimum atomic E-state index is 0.769. The van der Waals surface area contributed by atoms with E-state index in [1.165, 1.54) is 5.84 Å². The Hall–Kier alpha value is -2.85. The van der Waals surface area contributed by atoms with E-state index in [1.807, 2.05) is 30.3 Å². The molecule has 0 atom stereocenters. The summed E-state index contributed by atoms with van der Waals surface area (Å²) in [5, 5.41) is 0. The minimum Gasteiger partial charge on any atom is -0.456 e. The molecule has 1 saturated heterocycles. The van der Waals surface area contributed by atoms with E-state index in [0.717, 1.165) is 54.5 Å². The number of morpholine rings is 1. The van der Waals surface area contributed by atoms with E-state index in [1.54, 1.807) is 0 Å². The largest absolute Gasteiger partial charge is 0.456 e. The van der Waals surface area contributed by atoms with Crippen molar-refractivity contribution in [1.29, 1.82) is 0 Å². The van der Waals surface area contributed by atoms with Crippen LogP contribution in [0.1, 0.15) is 11.1 Å². The zero-order valence-corrected chi connectivity index (χ0v) is 15.9. The van der Waals surface area contributed by atoms with Crippen molar-refractivity contribution < 1.29 is 14.0 Å². The van der Waals surface area contributed by atoms with Crippen LogP contribution in [-0.4, -0.2) is 55.7 Å². The van der Waals surface area contributed by atoms with Crippen molar-refractivity contribution >= 4 is 17.2 Å². The Morgan fingerprint density at radius 2 is 1.67 bits per heavy atom. The van der Waals surface area contributed by atoms with Gasteiger partial charge in [-0.2, -0.15) is 0 Å². The van der Waals surface area contributed by atoms with Gasteiger partial charge in [0.05, 0.1) is 27.3 Å². The maximum atomic E-state index is 6.20. The van der Waals surface area contributed by atoms with E-state index in [9.17, 15) is 0 Å². The average Bonchev–Trinajstić information content (AvgIpc) is 2.72. The van der Waals surface area contributed by atoms with Gasteiger partial charge < -0.3 is 9.47 Å². The normalized spacial score (nSPS) is 17.8. The summed E-state index contributed by atoms with van der Waals surface area (Å²) < 4.78 is 13.9. The van der Waals surface area contributed by atoms with E-state index in [2.05, 4.69) is 60.0 Å². The number of hydrogen-bond acceptors (Lipinski definition) is 2. The van der Waals surface area contributed by atoms with Crippen LogP contribution in [0.5, 0.6) is 5.75 Å². The fourth-order valence-corrected chi connectivity index (χ4v) is 3.46. The quantitative estimate of drug-likeness (QED) is 0.465. The second kappa shape index (κ2) is 7.80. The number of hydrogen-bond donors (Lipinski definition) is 0. The summed E-state index contributed by atoms with van der Waals surface area (Å²) >= 11 is 0. The van der Waals surface area contributed by atoms with Gasteiger partial charge >= 0.3 is 0 Å². The zero-order chi connectivity index (χ0) is 18.6. The molecule has 4 heteroatoms. The third-order valence-corrected chi connectivity index (χ3v) is 4.84. The summed E-state index contributed by atoms with van der Waals surface area (Å²) in [5.41, 5.74) is 3.35. The average molecular weight is 361 g/mol. The first-order chi connectivity index (χ1) is 13.2. The molecule has 2 aromatic rings. The molecule has 2 aliphatic rings. The summed E-state index contributed by atoms with van der Waals surface area (Å²) in [5.74, 6) is 2.96. The van der Waals surface area contributed by atoms with Gasteiger partial charge in [-0.15, -0.1) is 0 Å². The second-order valence-electron chi connectivity index (χ2n) is 6.92. The fraction of sp³-hybridized carbons (Fsp3) is 0.261. The number of amidine groups is 1. The highest BCUT2D eigenvalue weighted by Crippen LogP contribution is 2.36. The third kappa shape index (κ3) is 3.81. The highest BCUT2D eigenvalue weighted by molar-refractivity contribution is 6.01. The molecule has 0 aromatic heterocycles. The molecule has 0 amide bonds. The third-order valence-electron chi connectivity index (χ3n) is 4.84. The Morgan fingerprint density at radius 3 is 2.41 bits per heavy atom. The van der Waals surface area contributed by atoms with Crippen LogP contribution in [0.2, 0.25) is 0 Å². The first-order valence-electron chi connectivity index (χ1n) is 9.35. The molecule has 1 fully saturated rings. The van der Waals surface area contributed by atoms with Gasteiger partial charge in [0, 0.05) is 17.2 Å². The number of allylic oxidation sites excluding steroid dienone is 2. The van der Waals surface area contributed by atoms with Gasteiger partial charge in [-0.3, -0.25) is 9.48 Å². The summed E-state index contributed by atoms with van der Waals surface area (Å²) in [6.45, 7) is 3.35.